The van der Waals surface area contributed by atoms with E-state index in [-0.39, 0.29) is 5.38 Å². The summed E-state index contributed by atoms with van der Waals surface area (Å²) in [4.78, 5) is 4.66. The number of fused-ring (bicyclic) bond motifs is 1. The standard InChI is InChI=1S/C14H12BrClN2S/c1-9(16)14-17-12-6-11(15)2-3-13(12)18(14)7-10-4-5-19-8-10/h2-6,8-9H,7H2,1H3. The summed E-state index contributed by atoms with van der Waals surface area (Å²) in [5, 5.41) is 4.15. The van der Waals surface area contributed by atoms with E-state index in [0.717, 1.165) is 27.9 Å². The molecule has 0 aliphatic carbocycles. The molecule has 0 saturated carbocycles. The molecule has 0 radical (unpaired) electrons. The van der Waals surface area contributed by atoms with E-state index >= 15 is 0 Å². The topological polar surface area (TPSA) is 17.8 Å². The number of nitrogens with zero attached hydrogens (tertiary/aromatic N) is 2. The first-order valence-electron chi connectivity index (χ1n) is 5.96. The lowest BCUT2D eigenvalue weighted by Crippen LogP contribution is -2.05. The minimum Gasteiger partial charge on any atom is -0.322 e. The lowest BCUT2D eigenvalue weighted by atomic mass is 10.3. The number of halogens is 2. The Morgan fingerprint density at radius 2 is 2.26 bits per heavy atom. The van der Waals surface area contributed by atoms with Crippen LogP contribution >= 0.6 is 38.9 Å². The maximum Gasteiger partial charge on any atom is 0.128 e. The van der Waals surface area contributed by atoms with E-state index in [4.69, 9.17) is 11.6 Å². The van der Waals surface area contributed by atoms with Gasteiger partial charge in [-0.1, -0.05) is 15.9 Å². The van der Waals surface area contributed by atoms with E-state index < -0.39 is 0 Å². The fourth-order valence-corrected chi connectivity index (χ4v) is 3.33. The molecule has 5 heteroatoms. The van der Waals surface area contributed by atoms with Crippen LogP contribution in [-0.4, -0.2) is 9.55 Å². The van der Waals surface area contributed by atoms with Gasteiger partial charge >= 0.3 is 0 Å². The van der Waals surface area contributed by atoms with E-state index in [0.29, 0.717) is 0 Å². The Bertz CT molecular complexity index is 704. The summed E-state index contributed by atoms with van der Waals surface area (Å²) in [5.74, 6) is 0.918. The molecule has 19 heavy (non-hydrogen) atoms. The summed E-state index contributed by atoms with van der Waals surface area (Å²) in [5.41, 5.74) is 3.38. The molecule has 0 amide bonds. The van der Waals surface area contributed by atoms with Gasteiger partial charge in [-0.3, -0.25) is 0 Å². The predicted molar refractivity (Wildman–Crippen MR) is 85.1 cm³/mol. The molecule has 0 N–H and O–H groups in total. The molecule has 3 rings (SSSR count). The molecular weight excluding hydrogens is 344 g/mol. The molecule has 3 aromatic rings. The Kier molecular flexibility index (Phi) is 3.65. The molecule has 2 heterocycles. The lowest BCUT2D eigenvalue weighted by molar-refractivity contribution is 0.744. The number of hydrogen-bond acceptors (Lipinski definition) is 2. The smallest absolute Gasteiger partial charge is 0.128 e. The second-order valence-electron chi connectivity index (χ2n) is 4.44. The van der Waals surface area contributed by atoms with Crippen LogP contribution < -0.4 is 0 Å². The fraction of sp³-hybridized carbons (Fsp3) is 0.214. The highest BCUT2D eigenvalue weighted by Crippen LogP contribution is 2.27. The Hall–Kier alpha value is -0.840. The van der Waals surface area contributed by atoms with Gasteiger partial charge < -0.3 is 4.57 Å². The van der Waals surface area contributed by atoms with Gasteiger partial charge in [0.2, 0.25) is 0 Å². The molecule has 0 fully saturated rings. The summed E-state index contributed by atoms with van der Waals surface area (Å²) in [6, 6.07) is 8.29. The summed E-state index contributed by atoms with van der Waals surface area (Å²) in [7, 11) is 0. The van der Waals surface area contributed by atoms with Crippen LogP contribution in [0.1, 0.15) is 23.7 Å². The van der Waals surface area contributed by atoms with Crippen molar-refractivity contribution in [3.8, 4) is 0 Å². The molecule has 0 saturated heterocycles. The van der Waals surface area contributed by atoms with E-state index in [1.165, 1.54) is 5.56 Å². The number of alkyl halides is 1. The van der Waals surface area contributed by atoms with E-state index in [2.05, 4.69) is 48.4 Å². The summed E-state index contributed by atoms with van der Waals surface area (Å²) < 4.78 is 3.23. The second kappa shape index (κ2) is 5.27. The van der Waals surface area contributed by atoms with Crippen molar-refractivity contribution in [2.45, 2.75) is 18.8 Å². The zero-order chi connectivity index (χ0) is 13.4. The van der Waals surface area contributed by atoms with Gasteiger partial charge in [-0.05, 0) is 47.5 Å². The number of imidazole rings is 1. The Balaban J connectivity index is 2.16. The van der Waals surface area contributed by atoms with Crippen LogP contribution in [0.4, 0.5) is 0 Å². The molecular formula is C14H12BrClN2S. The third kappa shape index (κ3) is 2.57. The van der Waals surface area contributed by atoms with Gasteiger partial charge in [0.25, 0.3) is 0 Å². The number of hydrogen-bond donors (Lipinski definition) is 0. The number of thiophene rings is 1. The van der Waals surface area contributed by atoms with Gasteiger partial charge in [0.05, 0.1) is 23.0 Å². The van der Waals surface area contributed by atoms with Crippen molar-refractivity contribution in [2.75, 3.05) is 0 Å². The molecule has 1 atom stereocenters. The monoisotopic (exact) mass is 354 g/mol. The Morgan fingerprint density at radius 1 is 1.42 bits per heavy atom. The first kappa shape index (κ1) is 13.2. The van der Waals surface area contributed by atoms with Crippen molar-refractivity contribution in [1.29, 1.82) is 0 Å². The van der Waals surface area contributed by atoms with Crippen molar-refractivity contribution >= 4 is 49.9 Å². The normalized spacial score (nSPS) is 13.0. The van der Waals surface area contributed by atoms with Gasteiger partial charge in [0.15, 0.2) is 0 Å². The minimum absolute atomic E-state index is 0.107. The van der Waals surface area contributed by atoms with Gasteiger partial charge in [-0.25, -0.2) is 4.98 Å². The van der Waals surface area contributed by atoms with Crippen molar-refractivity contribution in [1.82, 2.24) is 9.55 Å². The summed E-state index contributed by atoms with van der Waals surface area (Å²) >= 11 is 11.5. The quantitative estimate of drug-likeness (QED) is 0.590. The lowest BCUT2D eigenvalue weighted by Gasteiger charge is -2.09. The third-order valence-electron chi connectivity index (χ3n) is 3.02. The zero-order valence-electron chi connectivity index (χ0n) is 10.3. The highest BCUT2D eigenvalue weighted by molar-refractivity contribution is 9.10. The highest BCUT2D eigenvalue weighted by atomic mass is 79.9. The fourth-order valence-electron chi connectivity index (χ4n) is 2.16. The molecule has 2 aromatic heterocycles. The SMILES string of the molecule is CC(Cl)c1nc2cc(Br)ccc2n1Cc1ccsc1. The molecule has 0 bridgehead atoms. The van der Waals surface area contributed by atoms with Crippen LogP contribution in [0, 0.1) is 0 Å². The first-order valence-corrected chi connectivity index (χ1v) is 8.13. The van der Waals surface area contributed by atoms with Crippen LogP contribution in [0.25, 0.3) is 11.0 Å². The maximum atomic E-state index is 6.27. The van der Waals surface area contributed by atoms with Crippen molar-refractivity contribution < 1.29 is 0 Å². The minimum atomic E-state index is -0.107. The van der Waals surface area contributed by atoms with Crippen LogP contribution in [0.15, 0.2) is 39.5 Å². The van der Waals surface area contributed by atoms with Crippen LogP contribution in [-0.2, 0) is 6.54 Å². The van der Waals surface area contributed by atoms with Crippen LogP contribution in [0.3, 0.4) is 0 Å². The maximum absolute atomic E-state index is 6.27. The molecule has 0 spiro atoms. The Morgan fingerprint density at radius 3 is 2.95 bits per heavy atom. The van der Waals surface area contributed by atoms with Gasteiger partial charge in [0.1, 0.15) is 5.82 Å². The van der Waals surface area contributed by atoms with Gasteiger partial charge in [-0.15, -0.1) is 11.6 Å². The molecule has 2 nitrogen and oxygen atoms in total. The van der Waals surface area contributed by atoms with E-state index in [9.17, 15) is 0 Å². The molecule has 1 unspecified atom stereocenters. The van der Waals surface area contributed by atoms with E-state index in [1.807, 2.05) is 19.1 Å². The van der Waals surface area contributed by atoms with E-state index in [1.54, 1.807) is 11.3 Å². The first-order chi connectivity index (χ1) is 9.15. The second-order valence-corrected chi connectivity index (χ2v) is 6.79. The largest absolute Gasteiger partial charge is 0.322 e. The highest BCUT2D eigenvalue weighted by Gasteiger charge is 2.15. The average molecular weight is 356 g/mol. The predicted octanol–water partition coefficient (Wildman–Crippen LogP) is 5.21. The van der Waals surface area contributed by atoms with Crippen molar-refractivity contribution in [2.24, 2.45) is 0 Å². The summed E-state index contributed by atoms with van der Waals surface area (Å²) in [6.07, 6.45) is 0. The molecule has 1 aromatic carbocycles. The zero-order valence-corrected chi connectivity index (χ0v) is 13.5. The molecule has 98 valence electrons. The van der Waals surface area contributed by atoms with Gasteiger partial charge in [0, 0.05) is 4.47 Å². The van der Waals surface area contributed by atoms with Crippen LogP contribution in [0.2, 0.25) is 0 Å². The van der Waals surface area contributed by atoms with Crippen molar-refractivity contribution in [3.63, 3.8) is 0 Å². The Labute approximate surface area is 129 Å². The molecule has 0 aliphatic heterocycles. The number of benzene rings is 1. The third-order valence-corrected chi connectivity index (χ3v) is 4.44. The summed E-state index contributed by atoms with van der Waals surface area (Å²) in [6.45, 7) is 2.77. The van der Waals surface area contributed by atoms with Crippen LogP contribution in [0.5, 0.6) is 0 Å². The number of aromatic nitrogens is 2. The number of rotatable bonds is 3. The van der Waals surface area contributed by atoms with Gasteiger partial charge in [-0.2, -0.15) is 11.3 Å². The average Bonchev–Trinajstić information content (AvgIpc) is 2.97. The molecule has 0 aliphatic rings. The van der Waals surface area contributed by atoms with Crippen molar-refractivity contribution in [3.05, 3.63) is 50.9 Å².